The Hall–Kier alpha value is -2.63. The Bertz CT molecular complexity index is 1020. The van der Waals surface area contributed by atoms with Crippen LogP contribution in [0.2, 0.25) is 5.02 Å². The molecule has 0 aliphatic carbocycles. The molecule has 3 heterocycles. The summed E-state index contributed by atoms with van der Waals surface area (Å²) in [5.41, 5.74) is 3.71. The van der Waals surface area contributed by atoms with Crippen molar-refractivity contribution >= 4 is 17.5 Å². The van der Waals surface area contributed by atoms with Crippen LogP contribution in [0.5, 0.6) is 0 Å². The summed E-state index contributed by atoms with van der Waals surface area (Å²) in [7, 11) is 0. The van der Waals surface area contributed by atoms with Crippen LogP contribution in [-0.4, -0.2) is 40.0 Å². The van der Waals surface area contributed by atoms with Crippen LogP contribution < -0.4 is 5.32 Å². The molecule has 5 nitrogen and oxygen atoms in total. The number of hydrogen-bond donors (Lipinski definition) is 1. The van der Waals surface area contributed by atoms with E-state index < -0.39 is 0 Å². The van der Waals surface area contributed by atoms with Gasteiger partial charge in [0.25, 0.3) is 5.91 Å². The molecule has 30 heavy (non-hydrogen) atoms. The maximum Gasteiger partial charge on any atom is 0.253 e. The first-order valence-corrected chi connectivity index (χ1v) is 10.8. The third kappa shape index (κ3) is 4.27. The van der Waals surface area contributed by atoms with Crippen molar-refractivity contribution in [3.05, 3.63) is 82.3 Å². The van der Waals surface area contributed by atoms with Crippen molar-refractivity contribution < 1.29 is 4.79 Å². The smallest absolute Gasteiger partial charge is 0.253 e. The normalized spacial score (nSPS) is 15.3. The number of amides is 1. The molecule has 6 heteroatoms. The zero-order valence-corrected chi connectivity index (χ0v) is 18.2. The fourth-order valence-corrected chi connectivity index (χ4v) is 4.54. The lowest BCUT2D eigenvalue weighted by atomic mass is 10.1. The number of rotatable bonds is 6. The summed E-state index contributed by atoms with van der Waals surface area (Å²) in [4.78, 5) is 20.0. The molecule has 1 aliphatic heterocycles. The van der Waals surface area contributed by atoms with Crippen molar-refractivity contribution in [3.8, 4) is 5.82 Å². The van der Waals surface area contributed by atoms with Crippen molar-refractivity contribution in [3.63, 3.8) is 0 Å². The lowest BCUT2D eigenvalue weighted by Crippen LogP contribution is -2.37. The van der Waals surface area contributed by atoms with Crippen molar-refractivity contribution in [2.24, 2.45) is 0 Å². The number of hydrogen-bond acceptors (Lipinski definition) is 3. The van der Waals surface area contributed by atoms with E-state index in [-0.39, 0.29) is 11.9 Å². The van der Waals surface area contributed by atoms with Gasteiger partial charge < -0.3 is 9.88 Å². The predicted molar refractivity (Wildman–Crippen MR) is 120 cm³/mol. The van der Waals surface area contributed by atoms with Gasteiger partial charge >= 0.3 is 0 Å². The number of aromatic nitrogens is 2. The van der Waals surface area contributed by atoms with E-state index in [2.05, 4.69) is 21.3 Å². The summed E-state index contributed by atoms with van der Waals surface area (Å²) in [5.74, 6) is 0.761. The Kier molecular flexibility index (Phi) is 6.21. The van der Waals surface area contributed by atoms with Crippen LogP contribution in [0.4, 0.5) is 0 Å². The number of likely N-dealkylation sites (tertiary alicyclic amines) is 1. The molecule has 1 unspecified atom stereocenters. The number of carbonyl (C=O) groups is 1. The number of nitrogens with zero attached hydrogens (tertiary/aromatic N) is 3. The van der Waals surface area contributed by atoms with Crippen LogP contribution in [0.1, 0.15) is 46.2 Å². The molecule has 0 spiro atoms. The number of carbonyl (C=O) groups excluding carboxylic acids is 1. The molecule has 1 fully saturated rings. The van der Waals surface area contributed by atoms with Gasteiger partial charge in [0.2, 0.25) is 0 Å². The van der Waals surface area contributed by atoms with Crippen molar-refractivity contribution in [1.82, 2.24) is 19.8 Å². The topological polar surface area (TPSA) is 50.2 Å². The average molecular weight is 423 g/mol. The average Bonchev–Trinajstić information content (AvgIpc) is 3.37. The molecule has 0 saturated carbocycles. The summed E-state index contributed by atoms with van der Waals surface area (Å²) in [6, 6.07) is 15.8. The van der Waals surface area contributed by atoms with Gasteiger partial charge in [-0.1, -0.05) is 29.8 Å². The highest BCUT2D eigenvalue weighted by Gasteiger charge is 2.25. The van der Waals surface area contributed by atoms with E-state index >= 15 is 0 Å². The van der Waals surface area contributed by atoms with Crippen molar-refractivity contribution in [2.75, 3.05) is 19.6 Å². The first kappa shape index (κ1) is 20.6. The minimum Gasteiger partial charge on any atom is -0.350 e. The quantitative estimate of drug-likeness (QED) is 0.625. The molecular formula is C24H27ClN4O. The van der Waals surface area contributed by atoms with Gasteiger partial charge in [-0.3, -0.25) is 9.69 Å². The maximum absolute atomic E-state index is 13.1. The molecule has 1 aliphatic rings. The molecule has 1 amide bonds. The van der Waals surface area contributed by atoms with Crippen LogP contribution in [-0.2, 0) is 0 Å². The minimum absolute atomic E-state index is 0.0588. The second-order valence-corrected chi connectivity index (χ2v) is 8.27. The monoisotopic (exact) mass is 422 g/mol. The molecule has 1 aromatic carbocycles. The number of halogens is 1. The van der Waals surface area contributed by atoms with E-state index in [0.29, 0.717) is 12.1 Å². The second-order valence-electron chi connectivity index (χ2n) is 7.83. The van der Waals surface area contributed by atoms with Crippen LogP contribution in [0, 0.1) is 13.8 Å². The molecule has 0 bridgehead atoms. The van der Waals surface area contributed by atoms with E-state index in [0.717, 1.165) is 40.9 Å². The van der Waals surface area contributed by atoms with E-state index in [1.165, 1.54) is 12.8 Å². The van der Waals surface area contributed by atoms with Crippen molar-refractivity contribution in [2.45, 2.75) is 32.7 Å². The highest BCUT2D eigenvalue weighted by Crippen LogP contribution is 2.27. The van der Waals surface area contributed by atoms with Crippen LogP contribution >= 0.6 is 11.6 Å². The molecule has 2 aromatic heterocycles. The summed E-state index contributed by atoms with van der Waals surface area (Å²) < 4.78 is 2.02. The lowest BCUT2D eigenvalue weighted by molar-refractivity contribution is 0.0937. The van der Waals surface area contributed by atoms with Gasteiger partial charge in [-0.15, -0.1) is 0 Å². The fraction of sp³-hybridized carbons (Fsp3) is 0.333. The molecular weight excluding hydrogens is 396 g/mol. The largest absolute Gasteiger partial charge is 0.350 e. The van der Waals surface area contributed by atoms with E-state index in [9.17, 15) is 4.79 Å². The van der Waals surface area contributed by atoms with Gasteiger partial charge in [-0.2, -0.15) is 0 Å². The summed E-state index contributed by atoms with van der Waals surface area (Å²) in [5, 5.41) is 3.89. The van der Waals surface area contributed by atoms with Gasteiger partial charge in [0, 0.05) is 29.2 Å². The number of pyridine rings is 1. The highest BCUT2D eigenvalue weighted by atomic mass is 35.5. The van der Waals surface area contributed by atoms with Gasteiger partial charge in [-0.25, -0.2) is 4.98 Å². The SMILES string of the molecule is Cc1cc(C(=O)NCC(c2cccc(Cl)c2)N2CCCC2)c(C)n1-c1ccccn1. The highest BCUT2D eigenvalue weighted by molar-refractivity contribution is 6.30. The molecule has 156 valence electrons. The van der Waals surface area contributed by atoms with E-state index in [1.807, 2.05) is 60.9 Å². The minimum atomic E-state index is -0.0588. The zero-order chi connectivity index (χ0) is 21.1. The third-order valence-corrected chi connectivity index (χ3v) is 6.06. The number of aryl methyl sites for hydroxylation is 1. The zero-order valence-electron chi connectivity index (χ0n) is 17.4. The Labute approximate surface area is 182 Å². The second kappa shape index (κ2) is 9.02. The Balaban J connectivity index is 1.54. The Morgan fingerprint density at radius 3 is 2.63 bits per heavy atom. The molecule has 1 saturated heterocycles. The summed E-state index contributed by atoms with van der Waals surface area (Å²) in [6.07, 6.45) is 4.14. The first-order valence-electron chi connectivity index (χ1n) is 10.4. The van der Waals surface area contributed by atoms with Gasteiger partial charge in [0.1, 0.15) is 5.82 Å². The third-order valence-electron chi connectivity index (χ3n) is 5.82. The lowest BCUT2D eigenvalue weighted by Gasteiger charge is -2.28. The van der Waals surface area contributed by atoms with Crippen LogP contribution in [0.3, 0.4) is 0 Å². The fourth-order valence-electron chi connectivity index (χ4n) is 4.34. The molecule has 3 aromatic rings. The predicted octanol–water partition coefficient (Wildman–Crippen LogP) is 4.71. The van der Waals surface area contributed by atoms with Gasteiger partial charge in [0.05, 0.1) is 11.6 Å². The molecule has 1 N–H and O–H groups in total. The first-order chi connectivity index (χ1) is 14.5. The van der Waals surface area contributed by atoms with Gasteiger partial charge in [-0.05, 0) is 75.7 Å². The number of benzene rings is 1. The molecule has 4 rings (SSSR count). The summed E-state index contributed by atoms with van der Waals surface area (Å²) in [6.45, 7) is 6.60. The maximum atomic E-state index is 13.1. The van der Waals surface area contributed by atoms with E-state index in [1.54, 1.807) is 6.20 Å². The summed E-state index contributed by atoms with van der Waals surface area (Å²) >= 11 is 6.24. The Morgan fingerprint density at radius 1 is 1.13 bits per heavy atom. The van der Waals surface area contributed by atoms with Gasteiger partial charge in [0.15, 0.2) is 0 Å². The Morgan fingerprint density at radius 2 is 1.93 bits per heavy atom. The molecule has 1 atom stereocenters. The standard InChI is InChI=1S/C24H27ClN4O/c1-17-14-21(18(2)29(17)23-10-3-4-11-26-23)24(30)27-16-22(28-12-5-6-13-28)19-8-7-9-20(25)15-19/h3-4,7-11,14-15,22H,5-6,12-13,16H2,1-2H3,(H,27,30). The van der Waals surface area contributed by atoms with Crippen molar-refractivity contribution in [1.29, 1.82) is 0 Å². The van der Waals surface area contributed by atoms with E-state index in [4.69, 9.17) is 11.6 Å². The molecule has 0 radical (unpaired) electrons. The van der Waals surface area contributed by atoms with Crippen LogP contribution in [0.15, 0.2) is 54.7 Å². The number of nitrogens with one attached hydrogen (secondary N) is 1. The van der Waals surface area contributed by atoms with Crippen LogP contribution in [0.25, 0.3) is 5.82 Å².